The van der Waals surface area contributed by atoms with Crippen LogP contribution in [0.25, 0.3) is 0 Å². The van der Waals surface area contributed by atoms with E-state index in [-0.39, 0.29) is 0 Å². The third kappa shape index (κ3) is 3.65. The van der Waals surface area contributed by atoms with E-state index in [9.17, 15) is 0 Å². The number of benzene rings is 1. The largest absolute Gasteiger partial charge is 0.494 e. The lowest BCUT2D eigenvalue weighted by molar-refractivity contribution is 0.313. The van der Waals surface area contributed by atoms with Gasteiger partial charge in [-0.2, -0.15) is 0 Å². The number of nitrogens with zero attached hydrogens (tertiary/aromatic N) is 1. The molecule has 0 saturated heterocycles. The molecule has 0 spiro atoms. The SMILES string of the molecule is S=C=NCCCOc1ccc2c(c1)CCCC2. The normalized spacial score (nSPS) is 13.6. The van der Waals surface area contributed by atoms with Gasteiger partial charge in [-0.05, 0) is 61.2 Å². The Kier molecular flexibility index (Phi) is 4.72. The molecule has 3 heteroatoms. The van der Waals surface area contributed by atoms with Crippen molar-refractivity contribution in [2.24, 2.45) is 4.99 Å². The minimum atomic E-state index is 0.694. The minimum Gasteiger partial charge on any atom is -0.494 e. The number of fused-ring (bicyclic) bond motifs is 1. The summed E-state index contributed by atoms with van der Waals surface area (Å²) in [4.78, 5) is 3.86. The summed E-state index contributed by atoms with van der Waals surface area (Å²) in [6, 6.07) is 6.47. The molecule has 0 saturated carbocycles. The second kappa shape index (κ2) is 6.53. The van der Waals surface area contributed by atoms with Gasteiger partial charge in [0.2, 0.25) is 0 Å². The van der Waals surface area contributed by atoms with Crippen molar-refractivity contribution in [2.45, 2.75) is 32.1 Å². The molecule has 0 atom stereocenters. The summed E-state index contributed by atoms with van der Waals surface area (Å²) in [6.45, 7) is 1.40. The Morgan fingerprint density at radius 1 is 1.24 bits per heavy atom. The second-order valence-electron chi connectivity index (χ2n) is 4.31. The maximum atomic E-state index is 5.70. The standard InChI is InChI=1S/C14H17NOS/c17-11-15-8-3-9-16-14-7-6-12-4-1-2-5-13(12)10-14/h6-7,10H,1-5,8-9H2. The number of aliphatic imine (C=N–C) groups is 1. The van der Waals surface area contributed by atoms with Crippen LogP contribution < -0.4 is 4.74 Å². The molecule has 0 unspecified atom stereocenters. The van der Waals surface area contributed by atoms with E-state index in [1.807, 2.05) is 0 Å². The lowest BCUT2D eigenvalue weighted by Gasteiger charge is -2.16. The molecule has 0 radical (unpaired) electrons. The zero-order valence-corrected chi connectivity index (χ0v) is 10.8. The summed E-state index contributed by atoms with van der Waals surface area (Å²) in [7, 11) is 0. The highest BCUT2D eigenvalue weighted by atomic mass is 32.1. The van der Waals surface area contributed by atoms with Gasteiger partial charge in [-0.3, -0.25) is 0 Å². The molecule has 2 nitrogen and oxygen atoms in total. The van der Waals surface area contributed by atoms with Crippen LogP contribution in [0.2, 0.25) is 0 Å². The van der Waals surface area contributed by atoms with Crippen molar-refractivity contribution in [3.8, 4) is 5.75 Å². The predicted octanol–water partition coefficient (Wildman–Crippen LogP) is 3.44. The minimum absolute atomic E-state index is 0.694. The fourth-order valence-corrected chi connectivity index (χ4v) is 2.27. The molecule has 17 heavy (non-hydrogen) atoms. The molecule has 0 bridgehead atoms. The summed E-state index contributed by atoms with van der Waals surface area (Å²) in [5, 5.41) is 2.36. The quantitative estimate of drug-likeness (QED) is 0.451. The van der Waals surface area contributed by atoms with Gasteiger partial charge in [-0.1, -0.05) is 6.07 Å². The van der Waals surface area contributed by atoms with Crippen LogP contribution in [0.15, 0.2) is 23.2 Å². The molecule has 0 fully saturated rings. The van der Waals surface area contributed by atoms with Crippen LogP contribution in [0.5, 0.6) is 5.75 Å². The Morgan fingerprint density at radius 3 is 2.88 bits per heavy atom. The molecule has 0 aliphatic heterocycles. The third-order valence-corrected chi connectivity index (χ3v) is 3.20. The summed E-state index contributed by atoms with van der Waals surface area (Å²) in [6.07, 6.45) is 5.93. The van der Waals surface area contributed by atoms with Crippen LogP contribution in [0, 0.1) is 0 Å². The summed E-state index contributed by atoms with van der Waals surface area (Å²) < 4.78 is 5.70. The Labute approximate surface area is 108 Å². The van der Waals surface area contributed by atoms with Crippen LogP contribution in [0.1, 0.15) is 30.4 Å². The summed E-state index contributed by atoms with van der Waals surface area (Å²) in [5.74, 6) is 0.983. The smallest absolute Gasteiger partial charge is 0.119 e. The highest BCUT2D eigenvalue weighted by molar-refractivity contribution is 7.78. The highest BCUT2D eigenvalue weighted by Crippen LogP contribution is 2.25. The van der Waals surface area contributed by atoms with E-state index in [0.717, 1.165) is 12.2 Å². The maximum Gasteiger partial charge on any atom is 0.119 e. The molecular formula is C14H17NOS. The number of rotatable bonds is 5. The molecule has 2 rings (SSSR count). The fraction of sp³-hybridized carbons (Fsp3) is 0.500. The van der Waals surface area contributed by atoms with Gasteiger partial charge in [0.05, 0.1) is 18.3 Å². The molecule has 1 aliphatic carbocycles. The van der Waals surface area contributed by atoms with Gasteiger partial charge < -0.3 is 4.74 Å². The maximum absolute atomic E-state index is 5.70. The van der Waals surface area contributed by atoms with Crippen LogP contribution in [-0.4, -0.2) is 18.3 Å². The lowest BCUT2D eigenvalue weighted by Crippen LogP contribution is -2.04. The topological polar surface area (TPSA) is 21.6 Å². The molecule has 0 heterocycles. The molecule has 0 amide bonds. The Bertz CT molecular complexity index is 424. The Hall–Kier alpha value is -1.18. The van der Waals surface area contributed by atoms with Crippen molar-refractivity contribution < 1.29 is 4.74 Å². The van der Waals surface area contributed by atoms with Gasteiger partial charge in [-0.25, -0.2) is 4.99 Å². The first-order chi connectivity index (χ1) is 8.40. The first-order valence-electron chi connectivity index (χ1n) is 6.18. The third-order valence-electron chi connectivity index (χ3n) is 3.07. The zero-order chi connectivity index (χ0) is 11.9. The molecule has 1 aliphatic rings. The Morgan fingerprint density at radius 2 is 2.06 bits per heavy atom. The van der Waals surface area contributed by atoms with E-state index < -0.39 is 0 Å². The molecule has 1 aromatic carbocycles. The van der Waals surface area contributed by atoms with Gasteiger partial charge in [0.15, 0.2) is 0 Å². The number of hydrogen-bond donors (Lipinski definition) is 0. The van der Waals surface area contributed by atoms with Gasteiger partial charge in [0.25, 0.3) is 0 Å². The van der Waals surface area contributed by atoms with Crippen molar-refractivity contribution in [1.82, 2.24) is 0 Å². The molecule has 0 N–H and O–H groups in total. The van der Waals surface area contributed by atoms with E-state index in [1.54, 1.807) is 0 Å². The number of isothiocyanates is 1. The van der Waals surface area contributed by atoms with Crippen LogP contribution in [-0.2, 0) is 12.8 Å². The predicted molar refractivity (Wildman–Crippen MR) is 73.1 cm³/mol. The summed E-state index contributed by atoms with van der Waals surface area (Å²) in [5.41, 5.74) is 2.96. The van der Waals surface area contributed by atoms with Crippen molar-refractivity contribution in [2.75, 3.05) is 13.2 Å². The molecule has 1 aromatic rings. The van der Waals surface area contributed by atoms with Crippen LogP contribution in [0.3, 0.4) is 0 Å². The average Bonchev–Trinajstić information content (AvgIpc) is 2.38. The monoisotopic (exact) mass is 247 g/mol. The van der Waals surface area contributed by atoms with E-state index in [2.05, 4.69) is 40.6 Å². The van der Waals surface area contributed by atoms with Crippen LogP contribution in [0.4, 0.5) is 0 Å². The second-order valence-corrected chi connectivity index (χ2v) is 4.50. The Balaban J connectivity index is 1.86. The van der Waals surface area contributed by atoms with E-state index >= 15 is 0 Å². The van der Waals surface area contributed by atoms with E-state index in [1.165, 1.54) is 36.8 Å². The van der Waals surface area contributed by atoms with Gasteiger partial charge in [0.1, 0.15) is 5.75 Å². The first-order valence-corrected chi connectivity index (χ1v) is 6.59. The van der Waals surface area contributed by atoms with Crippen molar-refractivity contribution in [1.29, 1.82) is 0 Å². The van der Waals surface area contributed by atoms with E-state index in [4.69, 9.17) is 4.74 Å². The van der Waals surface area contributed by atoms with Crippen molar-refractivity contribution in [3.05, 3.63) is 29.3 Å². The van der Waals surface area contributed by atoms with Gasteiger partial charge >= 0.3 is 0 Å². The average molecular weight is 247 g/mol. The van der Waals surface area contributed by atoms with Gasteiger partial charge in [0, 0.05) is 6.42 Å². The zero-order valence-electron chi connectivity index (χ0n) is 9.95. The highest BCUT2D eigenvalue weighted by Gasteiger charge is 2.09. The molecule has 0 aromatic heterocycles. The lowest BCUT2D eigenvalue weighted by atomic mass is 9.92. The van der Waals surface area contributed by atoms with Crippen molar-refractivity contribution >= 4 is 17.4 Å². The van der Waals surface area contributed by atoms with Crippen molar-refractivity contribution in [3.63, 3.8) is 0 Å². The van der Waals surface area contributed by atoms with Gasteiger partial charge in [-0.15, -0.1) is 0 Å². The number of aryl methyl sites for hydroxylation is 2. The number of thiocarbonyl (C=S) groups is 1. The molecule has 90 valence electrons. The number of ether oxygens (including phenoxy) is 1. The van der Waals surface area contributed by atoms with Crippen LogP contribution >= 0.6 is 12.2 Å². The first kappa shape index (κ1) is 12.3. The molecular weight excluding hydrogens is 230 g/mol. The van der Waals surface area contributed by atoms with E-state index in [0.29, 0.717) is 13.2 Å². The fourth-order valence-electron chi connectivity index (χ4n) is 2.18. The summed E-state index contributed by atoms with van der Waals surface area (Å²) >= 11 is 4.50. The number of hydrogen-bond acceptors (Lipinski definition) is 3.